The zero-order valence-corrected chi connectivity index (χ0v) is 21.3. The summed E-state index contributed by atoms with van der Waals surface area (Å²) < 4.78 is 17.1. The minimum absolute atomic E-state index is 0.130. The van der Waals surface area contributed by atoms with Gasteiger partial charge in [-0.25, -0.2) is 5.43 Å². The average Bonchev–Trinajstić information content (AvgIpc) is 3.37. The van der Waals surface area contributed by atoms with Crippen LogP contribution in [0.3, 0.4) is 0 Å². The topological polar surface area (TPSA) is 127 Å². The maximum atomic E-state index is 12.3. The molecule has 11 heteroatoms. The number of nitrogens with one attached hydrogen (secondary N) is 3. The summed E-state index contributed by atoms with van der Waals surface area (Å²) >= 11 is 3.42. The molecule has 1 aliphatic rings. The number of hydrazone groups is 1. The summed E-state index contributed by atoms with van der Waals surface area (Å²) in [6, 6.07) is 17.6. The summed E-state index contributed by atoms with van der Waals surface area (Å²) in [5, 5.41) is 9.12. The molecule has 0 aliphatic carbocycles. The van der Waals surface area contributed by atoms with Crippen LogP contribution >= 0.6 is 15.9 Å². The molecule has 3 aromatic carbocycles. The van der Waals surface area contributed by atoms with Crippen LogP contribution in [0.25, 0.3) is 0 Å². The van der Waals surface area contributed by atoms with Crippen molar-refractivity contribution in [3.8, 4) is 17.2 Å². The van der Waals surface area contributed by atoms with Gasteiger partial charge in [0.2, 0.25) is 6.79 Å². The van der Waals surface area contributed by atoms with Crippen LogP contribution in [0.15, 0.2) is 70.2 Å². The molecule has 3 N–H and O–H groups in total. The number of benzene rings is 3. The third-order valence-corrected chi connectivity index (χ3v) is 6.08. The largest absolute Gasteiger partial charge is 0.483 e. The Kier molecular flexibility index (Phi) is 8.37. The van der Waals surface area contributed by atoms with Gasteiger partial charge in [0, 0.05) is 22.3 Å². The van der Waals surface area contributed by atoms with Crippen LogP contribution in [0.2, 0.25) is 0 Å². The molecule has 0 radical (unpaired) electrons. The molecule has 1 aliphatic heterocycles. The first-order chi connectivity index (χ1) is 17.9. The van der Waals surface area contributed by atoms with E-state index in [0.717, 1.165) is 15.6 Å². The predicted molar refractivity (Wildman–Crippen MR) is 140 cm³/mol. The first-order valence-electron chi connectivity index (χ1n) is 11.2. The zero-order chi connectivity index (χ0) is 26.2. The summed E-state index contributed by atoms with van der Waals surface area (Å²) in [6.45, 7) is 1.98. The number of anilines is 1. The van der Waals surface area contributed by atoms with Gasteiger partial charge in [-0.05, 0) is 60.5 Å². The standard InChI is InChI=1S/C26H23BrN4O6/c1-16-10-19(7-8-20(16)27)30-24(32)14-35-21-5-3-2-4-18(21)13-29-31-26(34)25(33)28-12-17-6-9-22-23(11-17)37-15-36-22/h2-11,13H,12,14-15H2,1H3,(H,28,33)(H,30,32)(H,31,34)/b29-13-. The van der Waals surface area contributed by atoms with Gasteiger partial charge in [-0.15, -0.1) is 0 Å². The van der Waals surface area contributed by atoms with Crippen molar-refractivity contribution < 1.29 is 28.6 Å². The van der Waals surface area contributed by atoms with Crippen LogP contribution in [-0.4, -0.2) is 37.3 Å². The summed E-state index contributed by atoms with van der Waals surface area (Å²) in [5.74, 6) is -0.510. The third kappa shape index (κ3) is 7.07. The van der Waals surface area contributed by atoms with E-state index in [2.05, 4.69) is 37.1 Å². The van der Waals surface area contributed by atoms with Gasteiger partial charge in [0.1, 0.15) is 5.75 Å². The van der Waals surface area contributed by atoms with Gasteiger partial charge in [-0.1, -0.05) is 34.1 Å². The highest BCUT2D eigenvalue weighted by Gasteiger charge is 2.16. The fourth-order valence-corrected chi connectivity index (χ4v) is 3.55. The van der Waals surface area contributed by atoms with E-state index >= 15 is 0 Å². The average molecular weight is 567 g/mol. The Bertz CT molecular complexity index is 1360. The number of ether oxygens (including phenoxy) is 3. The van der Waals surface area contributed by atoms with Gasteiger partial charge in [0.05, 0.1) is 6.21 Å². The van der Waals surface area contributed by atoms with Crippen molar-refractivity contribution in [3.63, 3.8) is 0 Å². The maximum absolute atomic E-state index is 12.3. The highest BCUT2D eigenvalue weighted by atomic mass is 79.9. The van der Waals surface area contributed by atoms with E-state index in [0.29, 0.717) is 28.5 Å². The lowest BCUT2D eigenvalue weighted by Gasteiger charge is -2.10. The highest BCUT2D eigenvalue weighted by molar-refractivity contribution is 9.10. The van der Waals surface area contributed by atoms with Crippen LogP contribution in [0.5, 0.6) is 17.2 Å². The van der Waals surface area contributed by atoms with Crippen LogP contribution in [0.1, 0.15) is 16.7 Å². The van der Waals surface area contributed by atoms with E-state index in [9.17, 15) is 14.4 Å². The second-order valence-electron chi connectivity index (χ2n) is 7.91. The quantitative estimate of drug-likeness (QED) is 0.218. The molecule has 37 heavy (non-hydrogen) atoms. The third-order valence-electron chi connectivity index (χ3n) is 5.19. The summed E-state index contributed by atoms with van der Waals surface area (Å²) in [4.78, 5) is 36.5. The van der Waals surface area contributed by atoms with Crippen LogP contribution in [-0.2, 0) is 20.9 Å². The molecule has 0 atom stereocenters. The lowest BCUT2D eigenvalue weighted by molar-refractivity contribution is -0.139. The number of nitrogens with zero attached hydrogens (tertiary/aromatic N) is 1. The lowest BCUT2D eigenvalue weighted by atomic mass is 10.2. The van der Waals surface area contributed by atoms with Crippen LogP contribution < -0.4 is 30.3 Å². The molecule has 0 unspecified atom stereocenters. The van der Waals surface area contributed by atoms with Gasteiger partial charge < -0.3 is 24.8 Å². The first kappa shape index (κ1) is 25.7. The van der Waals surface area contributed by atoms with Crippen molar-refractivity contribution in [2.24, 2.45) is 5.10 Å². The number of hydrogen-bond acceptors (Lipinski definition) is 7. The Morgan fingerprint density at radius 3 is 2.68 bits per heavy atom. The van der Waals surface area contributed by atoms with Crippen molar-refractivity contribution in [2.75, 3.05) is 18.7 Å². The Morgan fingerprint density at radius 1 is 1.03 bits per heavy atom. The molecular formula is C26H23BrN4O6. The molecule has 0 fully saturated rings. The van der Waals surface area contributed by atoms with Gasteiger partial charge in [-0.3, -0.25) is 14.4 Å². The minimum Gasteiger partial charge on any atom is -0.483 e. The van der Waals surface area contributed by atoms with Gasteiger partial charge in [0.25, 0.3) is 5.91 Å². The van der Waals surface area contributed by atoms with E-state index < -0.39 is 11.8 Å². The number of fused-ring (bicyclic) bond motifs is 1. The number of aryl methyl sites for hydroxylation is 1. The molecular weight excluding hydrogens is 544 g/mol. The van der Waals surface area contributed by atoms with Gasteiger partial charge >= 0.3 is 11.8 Å². The monoisotopic (exact) mass is 566 g/mol. The SMILES string of the molecule is Cc1cc(NC(=O)COc2ccccc2/C=N\NC(=O)C(=O)NCc2ccc3c(c2)OCO3)ccc1Br. The number of hydrogen-bond donors (Lipinski definition) is 3. The smallest absolute Gasteiger partial charge is 0.329 e. The molecule has 4 rings (SSSR count). The van der Waals surface area contributed by atoms with Crippen molar-refractivity contribution in [3.05, 3.63) is 81.8 Å². The van der Waals surface area contributed by atoms with E-state index in [1.54, 1.807) is 48.5 Å². The number of amides is 3. The molecule has 10 nitrogen and oxygen atoms in total. The van der Waals surface area contributed by atoms with E-state index in [-0.39, 0.29) is 25.9 Å². The van der Waals surface area contributed by atoms with E-state index in [1.807, 2.05) is 19.1 Å². The summed E-state index contributed by atoms with van der Waals surface area (Å²) in [5.41, 5.74) is 5.08. The molecule has 0 bridgehead atoms. The first-order valence-corrected chi connectivity index (χ1v) is 12.0. The Balaban J connectivity index is 1.25. The minimum atomic E-state index is -0.931. The van der Waals surface area contributed by atoms with E-state index in [4.69, 9.17) is 14.2 Å². The van der Waals surface area contributed by atoms with Crippen LogP contribution in [0.4, 0.5) is 5.69 Å². The van der Waals surface area contributed by atoms with E-state index in [1.165, 1.54) is 6.21 Å². The number of halogens is 1. The maximum Gasteiger partial charge on any atom is 0.329 e. The van der Waals surface area contributed by atoms with Crippen molar-refractivity contribution in [2.45, 2.75) is 13.5 Å². The molecule has 190 valence electrons. The highest BCUT2D eigenvalue weighted by Crippen LogP contribution is 2.32. The fraction of sp³-hybridized carbons (Fsp3) is 0.154. The van der Waals surface area contributed by atoms with Crippen molar-refractivity contribution in [1.29, 1.82) is 0 Å². The molecule has 3 amide bonds. The molecule has 0 aromatic heterocycles. The molecule has 0 spiro atoms. The van der Waals surface area contributed by atoms with Crippen molar-refractivity contribution in [1.82, 2.24) is 10.7 Å². The predicted octanol–water partition coefficient (Wildman–Crippen LogP) is 3.27. The number of carbonyl (C=O) groups is 3. The Morgan fingerprint density at radius 2 is 1.84 bits per heavy atom. The molecule has 0 saturated carbocycles. The van der Waals surface area contributed by atoms with Crippen molar-refractivity contribution >= 4 is 45.6 Å². The lowest BCUT2D eigenvalue weighted by Crippen LogP contribution is -2.37. The second-order valence-corrected chi connectivity index (χ2v) is 8.76. The Labute approximate surface area is 221 Å². The normalized spacial score (nSPS) is 11.7. The van der Waals surface area contributed by atoms with Crippen LogP contribution in [0, 0.1) is 6.92 Å². The fourth-order valence-electron chi connectivity index (χ4n) is 3.31. The van der Waals surface area contributed by atoms with Gasteiger partial charge in [-0.2, -0.15) is 5.10 Å². The summed E-state index contributed by atoms with van der Waals surface area (Å²) in [7, 11) is 0. The summed E-state index contributed by atoms with van der Waals surface area (Å²) in [6.07, 6.45) is 1.33. The Hall–Kier alpha value is -4.38. The number of rotatable bonds is 8. The van der Waals surface area contributed by atoms with Gasteiger partial charge in [0.15, 0.2) is 18.1 Å². The number of para-hydroxylation sites is 1. The zero-order valence-electron chi connectivity index (χ0n) is 19.7. The number of carbonyl (C=O) groups excluding carboxylic acids is 3. The molecule has 3 aromatic rings. The molecule has 0 saturated heterocycles. The second kappa shape index (κ2) is 12.0. The molecule has 1 heterocycles.